The summed E-state index contributed by atoms with van der Waals surface area (Å²) in [4.78, 5) is 0. The van der Waals surface area contributed by atoms with Gasteiger partial charge in [0, 0.05) is 6.07 Å². The molecule has 0 aromatic heterocycles. The largest absolute Gasteiger partial charge is 0.455 e. The highest BCUT2D eigenvalue weighted by Gasteiger charge is 2.13. The van der Waals surface area contributed by atoms with Crippen LogP contribution in [0.2, 0.25) is 0 Å². The van der Waals surface area contributed by atoms with Gasteiger partial charge in [-0.05, 0) is 45.1 Å². The second kappa shape index (κ2) is 5.44. The molecule has 0 saturated carbocycles. The van der Waals surface area contributed by atoms with E-state index in [2.05, 4.69) is 36.7 Å². The van der Waals surface area contributed by atoms with Crippen LogP contribution in [0.25, 0.3) is 0 Å². The van der Waals surface area contributed by atoms with Crippen molar-refractivity contribution in [3.05, 3.63) is 52.3 Å². The third kappa shape index (κ3) is 3.31. The number of nitrogens with two attached hydrogens (primary N) is 1. The van der Waals surface area contributed by atoms with Crippen molar-refractivity contribution in [3.63, 3.8) is 0 Å². The smallest absolute Gasteiger partial charge is 0.153 e. The lowest BCUT2D eigenvalue weighted by molar-refractivity contribution is 0.477. The van der Waals surface area contributed by atoms with Crippen molar-refractivity contribution in [1.29, 1.82) is 0 Å². The van der Waals surface area contributed by atoms with Gasteiger partial charge >= 0.3 is 0 Å². The molecule has 0 heterocycles. The van der Waals surface area contributed by atoms with Gasteiger partial charge in [-0.3, -0.25) is 0 Å². The highest BCUT2D eigenvalue weighted by Crippen LogP contribution is 2.33. The zero-order valence-electron chi connectivity index (χ0n) is 11.7. The molecule has 4 heteroatoms. The number of ether oxygens (including phenoxy) is 1. The number of anilines is 1. The summed E-state index contributed by atoms with van der Waals surface area (Å²) in [7, 11) is 0. The molecule has 0 unspecified atom stereocenters. The predicted octanol–water partition coefficient (Wildman–Crippen LogP) is 5.26. The molecule has 0 aliphatic heterocycles. The van der Waals surface area contributed by atoms with Crippen LogP contribution in [0.15, 0.2) is 40.9 Å². The van der Waals surface area contributed by atoms with E-state index in [1.807, 2.05) is 24.3 Å². The van der Waals surface area contributed by atoms with Gasteiger partial charge in [-0.1, -0.05) is 32.9 Å². The predicted molar refractivity (Wildman–Crippen MR) is 83.7 cm³/mol. The molecule has 20 heavy (non-hydrogen) atoms. The van der Waals surface area contributed by atoms with Crippen LogP contribution in [0.4, 0.5) is 10.1 Å². The zero-order chi connectivity index (χ0) is 14.9. The minimum atomic E-state index is -0.402. The molecule has 0 spiro atoms. The van der Waals surface area contributed by atoms with Crippen LogP contribution in [0.5, 0.6) is 11.5 Å². The summed E-state index contributed by atoms with van der Waals surface area (Å²) in [5.41, 5.74) is 7.50. The van der Waals surface area contributed by atoms with Crippen LogP contribution in [-0.2, 0) is 5.41 Å². The van der Waals surface area contributed by atoms with E-state index in [-0.39, 0.29) is 5.41 Å². The number of hydrogen-bond acceptors (Lipinski definition) is 2. The van der Waals surface area contributed by atoms with Crippen molar-refractivity contribution < 1.29 is 9.13 Å². The van der Waals surface area contributed by atoms with Gasteiger partial charge in [0.25, 0.3) is 0 Å². The van der Waals surface area contributed by atoms with Crippen LogP contribution < -0.4 is 10.5 Å². The van der Waals surface area contributed by atoms with Crippen LogP contribution in [0, 0.1) is 5.82 Å². The summed E-state index contributed by atoms with van der Waals surface area (Å²) in [5.74, 6) is 0.543. The quantitative estimate of drug-likeness (QED) is 0.758. The Morgan fingerprint density at radius 1 is 1.10 bits per heavy atom. The molecule has 2 nitrogen and oxygen atoms in total. The van der Waals surface area contributed by atoms with Crippen LogP contribution in [0.3, 0.4) is 0 Å². The first-order chi connectivity index (χ1) is 9.27. The Morgan fingerprint density at radius 3 is 2.25 bits per heavy atom. The minimum Gasteiger partial charge on any atom is -0.455 e. The Hall–Kier alpha value is -1.55. The van der Waals surface area contributed by atoms with E-state index in [1.165, 1.54) is 17.7 Å². The molecule has 2 aromatic rings. The Morgan fingerprint density at radius 2 is 1.70 bits per heavy atom. The normalized spacial score (nSPS) is 11.4. The summed E-state index contributed by atoms with van der Waals surface area (Å²) in [6, 6.07) is 10.5. The standard InChI is InChI=1S/C16H17BrFNO/c1-16(2,3)10-4-6-11(7-5-10)20-15-9-13(18)12(17)8-14(15)19/h4-9H,19H2,1-3H3. The van der Waals surface area contributed by atoms with E-state index >= 15 is 0 Å². The van der Waals surface area contributed by atoms with E-state index in [1.54, 1.807) is 0 Å². The van der Waals surface area contributed by atoms with Crippen LogP contribution >= 0.6 is 15.9 Å². The maximum atomic E-state index is 13.5. The lowest BCUT2D eigenvalue weighted by Crippen LogP contribution is -2.10. The Bertz CT molecular complexity index is 618. The molecule has 0 aliphatic rings. The van der Waals surface area contributed by atoms with E-state index < -0.39 is 5.82 Å². The Kier molecular flexibility index (Phi) is 4.04. The monoisotopic (exact) mass is 337 g/mol. The molecule has 2 N–H and O–H groups in total. The molecular weight excluding hydrogens is 321 g/mol. The van der Waals surface area contributed by atoms with Crippen LogP contribution in [0.1, 0.15) is 26.3 Å². The molecule has 0 saturated heterocycles. The molecule has 2 aromatic carbocycles. The van der Waals surface area contributed by atoms with Crippen LogP contribution in [-0.4, -0.2) is 0 Å². The van der Waals surface area contributed by atoms with E-state index in [4.69, 9.17) is 10.5 Å². The fourth-order valence-corrected chi connectivity index (χ4v) is 2.14. The summed E-state index contributed by atoms with van der Waals surface area (Å²) in [6.07, 6.45) is 0. The molecule has 0 aliphatic carbocycles. The lowest BCUT2D eigenvalue weighted by Gasteiger charge is -2.19. The molecule has 0 atom stereocenters. The van der Waals surface area contributed by atoms with Gasteiger partial charge in [0.2, 0.25) is 0 Å². The first-order valence-corrected chi connectivity index (χ1v) is 7.09. The number of halogens is 2. The Balaban J connectivity index is 2.25. The number of nitrogen functional groups attached to an aromatic ring is 1. The van der Waals surface area contributed by atoms with E-state index in [9.17, 15) is 4.39 Å². The fraction of sp³-hybridized carbons (Fsp3) is 0.250. The summed E-state index contributed by atoms with van der Waals surface area (Å²) < 4.78 is 19.5. The molecule has 0 amide bonds. The van der Waals surface area contributed by atoms with Gasteiger partial charge < -0.3 is 10.5 Å². The highest BCUT2D eigenvalue weighted by molar-refractivity contribution is 9.10. The first-order valence-electron chi connectivity index (χ1n) is 6.30. The van der Waals surface area contributed by atoms with E-state index in [0.29, 0.717) is 21.7 Å². The maximum Gasteiger partial charge on any atom is 0.153 e. The van der Waals surface area contributed by atoms with Crippen molar-refractivity contribution in [2.75, 3.05) is 5.73 Å². The zero-order valence-corrected chi connectivity index (χ0v) is 13.3. The maximum absolute atomic E-state index is 13.5. The average molecular weight is 338 g/mol. The molecule has 2 rings (SSSR count). The van der Waals surface area contributed by atoms with Gasteiger partial charge in [-0.2, -0.15) is 0 Å². The third-order valence-corrected chi connectivity index (χ3v) is 3.61. The summed E-state index contributed by atoms with van der Waals surface area (Å²) >= 11 is 3.09. The lowest BCUT2D eigenvalue weighted by atomic mass is 9.87. The fourth-order valence-electron chi connectivity index (χ4n) is 1.78. The first kappa shape index (κ1) is 14.9. The molecule has 106 valence electrons. The van der Waals surface area contributed by atoms with E-state index in [0.717, 1.165) is 0 Å². The highest BCUT2D eigenvalue weighted by atomic mass is 79.9. The van der Waals surface area contributed by atoms with Gasteiger partial charge in [-0.25, -0.2) is 4.39 Å². The van der Waals surface area contributed by atoms with Crippen molar-refractivity contribution >= 4 is 21.6 Å². The van der Waals surface area contributed by atoms with Gasteiger partial charge in [0.15, 0.2) is 5.75 Å². The van der Waals surface area contributed by atoms with Gasteiger partial charge in [0.05, 0.1) is 10.2 Å². The van der Waals surface area contributed by atoms with Crippen molar-refractivity contribution in [1.82, 2.24) is 0 Å². The Labute approximate surface area is 126 Å². The van der Waals surface area contributed by atoms with Crippen molar-refractivity contribution in [2.45, 2.75) is 26.2 Å². The summed E-state index contributed by atoms with van der Waals surface area (Å²) in [6.45, 7) is 6.43. The second-order valence-corrected chi connectivity index (χ2v) is 6.53. The molecule has 0 fully saturated rings. The SMILES string of the molecule is CC(C)(C)c1ccc(Oc2cc(F)c(Br)cc2N)cc1. The number of rotatable bonds is 2. The number of hydrogen-bond donors (Lipinski definition) is 1. The van der Waals surface area contributed by atoms with Crippen molar-refractivity contribution in [2.24, 2.45) is 0 Å². The third-order valence-electron chi connectivity index (χ3n) is 3.00. The molecular formula is C16H17BrFNO. The molecule has 0 bridgehead atoms. The van der Waals surface area contributed by atoms with Gasteiger partial charge in [-0.15, -0.1) is 0 Å². The number of benzene rings is 2. The average Bonchev–Trinajstić information content (AvgIpc) is 2.35. The topological polar surface area (TPSA) is 35.2 Å². The van der Waals surface area contributed by atoms with Crippen molar-refractivity contribution in [3.8, 4) is 11.5 Å². The van der Waals surface area contributed by atoms with Gasteiger partial charge in [0.1, 0.15) is 11.6 Å². The summed E-state index contributed by atoms with van der Waals surface area (Å²) in [5, 5.41) is 0. The molecule has 0 radical (unpaired) electrons. The minimum absolute atomic E-state index is 0.0846. The second-order valence-electron chi connectivity index (χ2n) is 5.68.